The Kier molecular flexibility index (Phi) is 3.93. The SMILES string of the molecule is C=C1C[C@@H](NC(=O)OCc2ccccc2)[C@@H]2OC(C)(C)O[C@H]12. The summed E-state index contributed by atoms with van der Waals surface area (Å²) in [5, 5.41) is 2.86. The van der Waals surface area contributed by atoms with Gasteiger partial charge in [-0.3, -0.25) is 0 Å². The summed E-state index contributed by atoms with van der Waals surface area (Å²) in [5.41, 5.74) is 1.90. The van der Waals surface area contributed by atoms with Gasteiger partial charge in [0.15, 0.2) is 5.79 Å². The monoisotopic (exact) mass is 303 g/mol. The van der Waals surface area contributed by atoms with E-state index < -0.39 is 11.9 Å². The van der Waals surface area contributed by atoms with Crippen LogP contribution in [0.25, 0.3) is 0 Å². The number of carbonyl (C=O) groups is 1. The van der Waals surface area contributed by atoms with Crippen LogP contribution < -0.4 is 5.32 Å². The normalized spacial score (nSPS) is 29.2. The van der Waals surface area contributed by atoms with E-state index in [9.17, 15) is 4.79 Å². The Labute approximate surface area is 130 Å². The molecule has 1 saturated heterocycles. The van der Waals surface area contributed by atoms with Gasteiger partial charge >= 0.3 is 6.09 Å². The van der Waals surface area contributed by atoms with Crippen molar-refractivity contribution >= 4 is 6.09 Å². The average Bonchev–Trinajstić information content (AvgIpc) is 2.93. The zero-order valence-corrected chi connectivity index (χ0v) is 12.9. The number of ether oxygens (including phenoxy) is 3. The second-order valence-corrected chi connectivity index (χ2v) is 6.20. The lowest BCUT2D eigenvalue weighted by Crippen LogP contribution is -2.43. The highest BCUT2D eigenvalue weighted by Crippen LogP contribution is 2.40. The van der Waals surface area contributed by atoms with Crippen LogP contribution in [0.5, 0.6) is 0 Å². The van der Waals surface area contributed by atoms with Gasteiger partial charge in [0.1, 0.15) is 18.8 Å². The molecule has 3 atom stereocenters. The average molecular weight is 303 g/mol. The van der Waals surface area contributed by atoms with Crippen molar-refractivity contribution in [2.75, 3.05) is 0 Å². The standard InChI is InChI=1S/C17H21NO4/c1-11-9-13(15-14(11)21-17(2,3)22-15)18-16(19)20-10-12-7-5-4-6-8-12/h4-8,13-15H,1,9-10H2,2-3H3,(H,18,19)/t13-,14-,15+/m1/s1. The molecule has 1 aliphatic carbocycles. The van der Waals surface area contributed by atoms with Crippen LogP contribution in [0.15, 0.2) is 42.5 Å². The van der Waals surface area contributed by atoms with Crippen molar-refractivity contribution in [3.05, 3.63) is 48.0 Å². The fraction of sp³-hybridized carbons (Fsp3) is 0.471. The molecule has 1 aliphatic heterocycles. The molecule has 1 heterocycles. The van der Waals surface area contributed by atoms with Gasteiger partial charge in [-0.25, -0.2) is 4.79 Å². The van der Waals surface area contributed by atoms with Gasteiger partial charge < -0.3 is 19.5 Å². The molecule has 1 amide bonds. The molecule has 1 aromatic carbocycles. The van der Waals surface area contributed by atoms with Crippen molar-refractivity contribution in [2.45, 2.75) is 50.9 Å². The maximum Gasteiger partial charge on any atom is 0.407 e. The molecule has 0 radical (unpaired) electrons. The lowest BCUT2D eigenvalue weighted by Gasteiger charge is -2.22. The molecule has 0 spiro atoms. The lowest BCUT2D eigenvalue weighted by molar-refractivity contribution is -0.149. The first-order chi connectivity index (χ1) is 10.4. The summed E-state index contributed by atoms with van der Waals surface area (Å²) in [6.07, 6.45) is -0.164. The van der Waals surface area contributed by atoms with Gasteiger partial charge in [0.2, 0.25) is 0 Å². The number of hydrogen-bond donors (Lipinski definition) is 1. The molecule has 3 rings (SSSR count). The number of fused-ring (bicyclic) bond motifs is 1. The molecule has 0 unspecified atom stereocenters. The number of rotatable bonds is 3. The zero-order valence-electron chi connectivity index (χ0n) is 12.9. The van der Waals surface area contributed by atoms with Crippen molar-refractivity contribution in [1.29, 1.82) is 0 Å². The van der Waals surface area contributed by atoms with E-state index >= 15 is 0 Å². The van der Waals surface area contributed by atoms with E-state index in [0.29, 0.717) is 6.42 Å². The molecule has 5 heteroatoms. The van der Waals surface area contributed by atoms with Crippen LogP contribution in [0, 0.1) is 0 Å². The Hall–Kier alpha value is -1.85. The largest absolute Gasteiger partial charge is 0.445 e. The summed E-state index contributed by atoms with van der Waals surface area (Å²) >= 11 is 0. The zero-order chi connectivity index (χ0) is 15.7. The molecule has 2 fully saturated rings. The third kappa shape index (κ3) is 3.15. The number of amides is 1. The van der Waals surface area contributed by atoms with E-state index in [4.69, 9.17) is 14.2 Å². The van der Waals surface area contributed by atoms with Crippen LogP contribution >= 0.6 is 0 Å². The van der Waals surface area contributed by atoms with Crippen molar-refractivity contribution in [1.82, 2.24) is 5.32 Å². The van der Waals surface area contributed by atoms with Gasteiger partial charge in [-0.2, -0.15) is 0 Å². The van der Waals surface area contributed by atoms with Crippen molar-refractivity contribution in [3.63, 3.8) is 0 Å². The smallest absolute Gasteiger partial charge is 0.407 e. The molecule has 1 saturated carbocycles. The van der Waals surface area contributed by atoms with Crippen LogP contribution in [0.2, 0.25) is 0 Å². The predicted molar refractivity (Wildman–Crippen MR) is 81.1 cm³/mol. The van der Waals surface area contributed by atoms with Gasteiger partial charge in [-0.05, 0) is 31.4 Å². The minimum Gasteiger partial charge on any atom is -0.445 e. The molecule has 5 nitrogen and oxygen atoms in total. The third-order valence-electron chi connectivity index (χ3n) is 3.93. The minimum absolute atomic E-state index is 0.158. The highest BCUT2D eigenvalue weighted by atomic mass is 16.8. The summed E-state index contributed by atoms with van der Waals surface area (Å²) in [5.74, 6) is -0.646. The molecule has 22 heavy (non-hydrogen) atoms. The van der Waals surface area contributed by atoms with Crippen molar-refractivity contribution < 1.29 is 19.0 Å². The Balaban J connectivity index is 1.55. The lowest BCUT2D eigenvalue weighted by atomic mass is 10.2. The Morgan fingerprint density at radius 1 is 1.36 bits per heavy atom. The summed E-state index contributed by atoms with van der Waals surface area (Å²) in [6, 6.07) is 9.41. The van der Waals surface area contributed by atoms with Crippen LogP contribution in [0.1, 0.15) is 25.8 Å². The molecule has 1 aromatic rings. The molecule has 2 aliphatic rings. The minimum atomic E-state index is -0.646. The van der Waals surface area contributed by atoms with Gasteiger partial charge in [-0.15, -0.1) is 0 Å². The number of nitrogens with one attached hydrogen (secondary N) is 1. The van der Waals surface area contributed by atoms with Gasteiger partial charge in [-0.1, -0.05) is 36.9 Å². The fourth-order valence-electron chi connectivity index (χ4n) is 2.96. The highest BCUT2D eigenvalue weighted by Gasteiger charge is 2.51. The van der Waals surface area contributed by atoms with E-state index in [0.717, 1.165) is 11.1 Å². The van der Waals surface area contributed by atoms with Gasteiger partial charge in [0.05, 0.1) is 6.04 Å². The maximum atomic E-state index is 12.0. The molecule has 0 aromatic heterocycles. The second-order valence-electron chi connectivity index (χ2n) is 6.20. The predicted octanol–water partition coefficient (Wildman–Crippen LogP) is 2.76. The number of alkyl carbamates (subject to hydrolysis) is 1. The Morgan fingerprint density at radius 3 is 2.82 bits per heavy atom. The summed E-state index contributed by atoms with van der Waals surface area (Å²) < 4.78 is 16.9. The van der Waals surface area contributed by atoms with Gasteiger partial charge in [0.25, 0.3) is 0 Å². The molecule has 1 N–H and O–H groups in total. The van der Waals surface area contributed by atoms with Crippen LogP contribution in [0.4, 0.5) is 4.79 Å². The Bertz CT molecular complexity index is 569. The van der Waals surface area contributed by atoms with Crippen molar-refractivity contribution in [3.8, 4) is 0 Å². The van der Waals surface area contributed by atoms with E-state index in [-0.39, 0.29) is 24.9 Å². The first kappa shape index (κ1) is 15.1. The third-order valence-corrected chi connectivity index (χ3v) is 3.93. The molecular formula is C17H21NO4. The quantitative estimate of drug-likeness (QED) is 0.872. The Morgan fingerprint density at radius 2 is 2.09 bits per heavy atom. The first-order valence-corrected chi connectivity index (χ1v) is 7.45. The topological polar surface area (TPSA) is 56.8 Å². The van der Waals surface area contributed by atoms with Crippen molar-refractivity contribution in [2.24, 2.45) is 0 Å². The number of carbonyl (C=O) groups excluding carboxylic acids is 1. The maximum absolute atomic E-state index is 12.0. The highest BCUT2D eigenvalue weighted by molar-refractivity contribution is 5.68. The van der Waals surface area contributed by atoms with Crippen LogP contribution in [-0.4, -0.2) is 30.1 Å². The summed E-state index contributed by atoms with van der Waals surface area (Å²) in [4.78, 5) is 12.0. The van der Waals surface area contributed by atoms with E-state index in [1.165, 1.54) is 0 Å². The first-order valence-electron chi connectivity index (χ1n) is 7.45. The fourth-order valence-corrected chi connectivity index (χ4v) is 2.96. The summed E-state index contributed by atoms with van der Waals surface area (Å²) in [6.45, 7) is 7.99. The summed E-state index contributed by atoms with van der Waals surface area (Å²) in [7, 11) is 0. The van der Waals surface area contributed by atoms with Crippen LogP contribution in [-0.2, 0) is 20.8 Å². The second kappa shape index (κ2) is 5.74. The van der Waals surface area contributed by atoms with Gasteiger partial charge in [0, 0.05) is 0 Å². The van der Waals surface area contributed by atoms with E-state index in [1.54, 1.807) is 0 Å². The molecule has 0 bridgehead atoms. The van der Waals surface area contributed by atoms with E-state index in [1.807, 2.05) is 44.2 Å². The van der Waals surface area contributed by atoms with Crippen LogP contribution in [0.3, 0.4) is 0 Å². The molecule has 118 valence electrons. The van der Waals surface area contributed by atoms with E-state index in [2.05, 4.69) is 11.9 Å². The number of benzene rings is 1. The number of hydrogen-bond acceptors (Lipinski definition) is 4. The molecular weight excluding hydrogens is 282 g/mol.